The van der Waals surface area contributed by atoms with Crippen LogP contribution < -0.4 is 15.0 Å². The van der Waals surface area contributed by atoms with Gasteiger partial charge in [-0.25, -0.2) is 0 Å². The Morgan fingerprint density at radius 2 is 1.84 bits per heavy atom. The van der Waals surface area contributed by atoms with Crippen molar-refractivity contribution in [3.8, 4) is 5.75 Å². The van der Waals surface area contributed by atoms with Crippen LogP contribution in [-0.2, 0) is 9.59 Å². The molecule has 2 aromatic rings. The van der Waals surface area contributed by atoms with Crippen molar-refractivity contribution in [3.05, 3.63) is 60.2 Å². The smallest absolute Gasteiger partial charge is 0.262 e. The molecule has 25 heavy (non-hydrogen) atoms. The minimum Gasteiger partial charge on any atom is -0.477 e. The summed E-state index contributed by atoms with van der Waals surface area (Å²) in [4.78, 5) is 26.0. The van der Waals surface area contributed by atoms with Gasteiger partial charge in [0.1, 0.15) is 5.75 Å². The summed E-state index contributed by atoms with van der Waals surface area (Å²) in [5.41, 5.74) is 1.87. The number of anilines is 1. The van der Waals surface area contributed by atoms with Gasteiger partial charge in [-0.05, 0) is 23.6 Å². The first-order valence-corrected chi connectivity index (χ1v) is 8.42. The predicted octanol–water partition coefficient (Wildman–Crippen LogP) is 2.72. The third-order valence-corrected chi connectivity index (χ3v) is 4.40. The molecule has 1 heterocycles. The van der Waals surface area contributed by atoms with E-state index in [1.54, 1.807) is 11.0 Å². The number of carbonyl (C=O) groups is 2. The molecule has 0 unspecified atom stereocenters. The maximum Gasteiger partial charge on any atom is 0.262 e. The number of fused-ring (bicyclic) bond motifs is 1. The first-order valence-electron chi connectivity index (χ1n) is 8.42. The van der Waals surface area contributed by atoms with Crippen LogP contribution in [0.25, 0.3) is 0 Å². The SMILES string of the molecule is CC(=O)N1C[C@@H](C(=O)NC[C@H](C)c2ccccc2)Oc2ccccc21. The quantitative estimate of drug-likeness (QED) is 0.932. The molecular weight excluding hydrogens is 316 g/mol. The molecular formula is C20H22N2O3. The normalized spacial score (nSPS) is 17.2. The van der Waals surface area contributed by atoms with Crippen LogP contribution in [0.4, 0.5) is 5.69 Å². The molecule has 1 aliphatic rings. The minimum absolute atomic E-state index is 0.105. The number of carbonyl (C=O) groups excluding carboxylic acids is 2. The number of benzene rings is 2. The van der Waals surface area contributed by atoms with Crippen LogP contribution in [-0.4, -0.2) is 31.0 Å². The van der Waals surface area contributed by atoms with Gasteiger partial charge in [-0.1, -0.05) is 49.4 Å². The van der Waals surface area contributed by atoms with Gasteiger partial charge in [-0.2, -0.15) is 0 Å². The molecule has 1 N–H and O–H groups in total. The summed E-state index contributed by atoms with van der Waals surface area (Å²) in [7, 11) is 0. The largest absolute Gasteiger partial charge is 0.477 e. The monoisotopic (exact) mass is 338 g/mol. The molecule has 0 aromatic heterocycles. The summed E-state index contributed by atoms with van der Waals surface area (Å²) < 4.78 is 5.81. The van der Waals surface area contributed by atoms with E-state index in [1.165, 1.54) is 12.5 Å². The molecule has 3 rings (SSSR count). The van der Waals surface area contributed by atoms with Crippen LogP contribution >= 0.6 is 0 Å². The Labute approximate surface area is 147 Å². The standard InChI is InChI=1S/C20H22N2O3/c1-14(16-8-4-3-5-9-16)12-21-20(24)19-13-22(15(2)23)17-10-6-7-11-18(17)25-19/h3-11,14,19H,12-13H2,1-2H3,(H,21,24)/t14-,19-/m0/s1. The number of hydrogen-bond donors (Lipinski definition) is 1. The van der Waals surface area contributed by atoms with Crippen molar-refractivity contribution in [2.24, 2.45) is 0 Å². The van der Waals surface area contributed by atoms with Crippen LogP contribution in [0.15, 0.2) is 54.6 Å². The van der Waals surface area contributed by atoms with E-state index in [-0.39, 0.29) is 24.3 Å². The molecule has 0 saturated carbocycles. The van der Waals surface area contributed by atoms with E-state index in [1.807, 2.05) is 48.5 Å². The number of hydrogen-bond acceptors (Lipinski definition) is 3. The highest BCUT2D eigenvalue weighted by molar-refractivity contribution is 5.95. The zero-order valence-corrected chi connectivity index (χ0v) is 14.4. The Morgan fingerprint density at radius 3 is 2.56 bits per heavy atom. The van der Waals surface area contributed by atoms with E-state index < -0.39 is 6.10 Å². The fourth-order valence-electron chi connectivity index (χ4n) is 2.94. The highest BCUT2D eigenvalue weighted by Crippen LogP contribution is 2.33. The fraction of sp³-hybridized carbons (Fsp3) is 0.300. The Morgan fingerprint density at radius 1 is 1.16 bits per heavy atom. The fourth-order valence-corrected chi connectivity index (χ4v) is 2.94. The van der Waals surface area contributed by atoms with Gasteiger partial charge in [0.25, 0.3) is 5.91 Å². The van der Waals surface area contributed by atoms with Gasteiger partial charge in [0.2, 0.25) is 5.91 Å². The maximum atomic E-state index is 12.5. The lowest BCUT2D eigenvalue weighted by Crippen LogP contribution is -2.50. The number of rotatable bonds is 4. The zero-order chi connectivity index (χ0) is 17.8. The highest BCUT2D eigenvalue weighted by atomic mass is 16.5. The molecule has 0 fully saturated rings. The number of amides is 2. The molecule has 0 aliphatic carbocycles. The Bertz CT molecular complexity index is 761. The second kappa shape index (κ2) is 7.38. The van der Waals surface area contributed by atoms with Crippen molar-refractivity contribution in [2.45, 2.75) is 25.9 Å². The molecule has 5 nitrogen and oxygen atoms in total. The summed E-state index contributed by atoms with van der Waals surface area (Å²) in [6, 6.07) is 17.3. The van der Waals surface area contributed by atoms with Gasteiger partial charge < -0.3 is 15.0 Å². The van der Waals surface area contributed by atoms with Crippen LogP contribution in [0, 0.1) is 0 Å². The van der Waals surface area contributed by atoms with Crippen LogP contribution in [0.3, 0.4) is 0 Å². The van der Waals surface area contributed by atoms with E-state index in [2.05, 4.69) is 12.2 Å². The topological polar surface area (TPSA) is 58.6 Å². The summed E-state index contributed by atoms with van der Waals surface area (Å²) >= 11 is 0. The summed E-state index contributed by atoms with van der Waals surface area (Å²) in [5.74, 6) is 0.444. The number of nitrogens with one attached hydrogen (secondary N) is 1. The van der Waals surface area contributed by atoms with E-state index in [0.29, 0.717) is 18.0 Å². The van der Waals surface area contributed by atoms with Gasteiger partial charge in [-0.15, -0.1) is 0 Å². The molecule has 2 aromatic carbocycles. The number of nitrogens with zero attached hydrogens (tertiary/aromatic N) is 1. The lowest BCUT2D eigenvalue weighted by molar-refractivity contribution is -0.128. The van der Waals surface area contributed by atoms with Crippen molar-refractivity contribution in [2.75, 3.05) is 18.0 Å². The summed E-state index contributed by atoms with van der Waals surface area (Å²) in [6.45, 7) is 4.30. The third kappa shape index (κ3) is 3.82. The predicted molar refractivity (Wildman–Crippen MR) is 96.8 cm³/mol. The number of para-hydroxylation sites is 2. The van der Waals surface area contributed by atoms with Gasteiger partial charge in [0.05, 0.1) is 12.2 Å². The first kappa shape index (κ1) is 17.0. The van der Waals surface area contributed by atoms with Gasteiger partial charge in [0.15, 0.2) is 6.10 Å². The first-order chi connectivity index (χ1) is 12.1. The van der Waals surface area contributed by atoms with Gasteiger partial charge in [0, 0.05) is 13.5 Å². The maximum absolute atomic E-state index is 12.5. The van der Waals surface area contributed by atoms with E-state index in [0.717, 1.165) is 0 Å². The second-order valence-corrected chi connectivity index (χ2v) is 6.26. The van der Waals surface area contributed by atoms with E-state index in [4.69, 9.17) is 4.74 Å². The average molecular weight is 338 g/mol. The molecule has 0 radical (unpaired) electrons. The molecule has 2 atom stereocenters. The Hall–Kier alpha value is -2.82. The molecule has 5 heteroatoms. The Kier molecular flexibility index (Phi) is 5.03. The van der Waals surface area contributed by atoms with Crippen LogP contribution in [0.2, 0.25) is 0 Å². The Balaban J connectivity index is 1.66. The number of ether oxygens (including phenoxy) is 1. The van der Waals surface area contributed by atoms with Gasteiger partial charge in [-0.3, -0.25) is 9.59 Å². The molecule has 0 saturated heterocycles. The minimum atomic E-state index is -0.707. The van der Waals surface area contributed by atoms with Crippen LogP contribution in [0.1, 0.15) is 25.3 Å². The van der Waals surface area contributed by atoms with Crippen molar-refractivity contribution in [1.82, 2.24) is 5.32 Å². The van der Waals surface area contributed by atoms with E-state index in [9.17, 15) is 9.59 Å². The zero-order valence-electron chi connectivity index (χ0n) is 14.4. The molecule has 0 bridgehead atoms. The highest BCUT2D eigenvalue weighted by Gasteiger charge is 2.32. The molecule has 0 spiro atoms. The molecule has 1 aliphatic heterocycles. The third-order valence-electron chi connectivity index (χ3n) is 4.40. The summed E-state index contributed by atoms with van der Waals surface area (Å²) in [6.07, 6.45) is -0.707. The second-order valence-electron chi connectivity index (χ2n) is 6.26. The van der Waals surface area contributed by atoms with Crippen LogP contribution in [0.5, 0.6) is 5.75 Å². The molecule has 130 valence electrons. The van der Waals surface area contributed by atoms with E-state index >= 15 is 0 Å². The molecule has 2 amide bonds. The average Bonchev–Trinajstić information content (AvgIpc) is 2.65. The van der Waals surface area contributed by atoms with Crippen molar-refractivity contribution in [3.63, 3.8) is 0 Å². The lowest BCUT2D eigenvalue weighted by Gasteiger charge is -2.33. The lowest BCUT2D eigenvalue weighted by atomic mass is 10.0. The van der Waals surface area contributed by atoms with Crippen molar-refractivity contribution >= 4 is 17.5 Å². The van der Waals surface area contributed by atoms with Crippen molar-refractivity contribution < 1.29 is 14.3 Å². The van der Waals surface area contributed by atoms with Gasteiger partial charge >= 0.3 is 0 Å². The van der Waals surface area contributed by atoms with Crippen molar-refractivity contribution in [1.29, 1.82) is 0 Å². The summed E-state index contributed by atoms with van der Waals surface area (Å²) in [5, 5.41) is 2.94.